The van der Waals surface area contributed by atoms with Gasteiger partial charge >= 0.3 is 5.97 Å². The summed E-state index contributed by atoms with van der Waals surface area (Å²) in [5, 5.41) is 9.65. The number of methoxy groups -OCH3 is 1. The molecule has 2 aliphatic carbocycles. The highest BCUT2D eigenvalue weighted by molar-refractivity contribution is 5.76. The third-order valence-electron chi connectivity index (χ3n) is 3.97. The molecule has 14 heavy (non-hydrogen) atoms. The summed E-state index contributed by atoms with van der Waals surface area (Å²) in [6.07, 6.45) is 3.21. The third-order valence-corrected chi connectivity index (χ3v) is 3.97. The molecule has 3 rings (SSSR count). The standard InChI is InChI=1S/C10H12O4/c1-13-8(11)7-5-2-3-10(5)6(7)4-14-9(10)12/h2-3,5-7,9,12H,4H2,1H3/t5-,6-,7-,9-,10?/m0/s1. The summed E-state index contributed by atoms with van der Waals surface area (Å²) in [5.41, 5.74) is -0.265. The summed E-state index contributed by atoms with van der Waals surface area (Å²) in [4.78, 5) is 11.4. The van der Waals surface area contributed by atoms with Gasteiger partial charge in [-0.25, -0.2) is 0 Å². The van der Waals surface area contributed by atoms with E-state index in [4.69, 9.17) is 9.47 Å². The Morgan fingerprint density at radius 3 is 3.07 bits per heavy atom. The maximum atomic E-state index is 11.4. The highest BCUT2D eigenvalue weighted by Crippen LogP contribution is 2.68. The van der Waals surface area contributed by atoms with Crippen molar-refractivity contribution in [2.75, 3.05) is 13.7 Å². The van der Waals surface area contributed by atoms with Gasteiger partial charge < -0.3 is 14.6 Å². The van der Waals surface area contributed by atoms with E-state index < -0.39 is 6.29 Å². The summed E-state index contributed by atoms with van der Waals surface area (Å²) in [5.74, 6) is -0.0581. The van der Waals surface area contributed by atoms with Crippen molar-refractivity contribution >= 4 is 5.97 Å². The second-order valence-corrected chi connectivity index (χ2v) is 4.23. The minimum absolute atomic E-state index is 0.109. The largest absolute Gasteiger partial charge is 0.469 e. The SMILES string of the molecule is COC(=O)[C@H]1[C@@H]2C=CC23[C@@H](O)OC[C@@H]13. The number of carbonyl (C=O) groups excluding carboxylic acids is 1. The lowest BCUT2D eigenvalue weighted by Crippen LogP contribution is -2.64. The van der Waals surface area contributed by atoms with Crippen molar-refractivity contribution in [2.24, 2.45) is 23.2 Å². The molecule has 0 aromatic carbocycles. The number of aliphatic hydroxyl groups is 1. The maximum absolute atomic E-state index is 11.4. The van der Waals surface area contributed by atoms with Crippen molar-refractivity contribution in [3.63, 3.8) is 0 Å². The molecule has 1 N–H and O–H groups in total. The zero-order valence-corrected chi connectivity index (χ0v) is 7.84. The Balaban J connectivity index is 1.90. The van der Waals surface area contributed by atoms with Crippen LogP contribution < -0.4 is 0 Å². The molecule has 0 aromatic heterocycles. The first-order valence-electron chi connectivity index (χ1n) is 4.78. The van der Waals surface area contributed by atoms with Crippen LogP contribution in [0.3, 0.4) is 0 Å². The van der Waals surface area contributed by atoms with Gasteiger partial charge in [0.05, 0.1) is 25.0 Å². The van der Waals surface area contributed by atoms with Crippen LogP contribution in [-0.4, -0.2) is 31.1 Å². The molecule has 3 aliphatic rings. The molecule has 1 saturated heterocycles. The molecule has 1 aliphatic heterocycles. The molecule has 2 fully saturated rings. The van der Waals surface area contributed by atoms with Gasteiger partial charge in [-0.15, -0.1) is 0 Å². The molecule has 4 nitrogen and oxygen atoms in total. The van der Waals surface area contributed by atoms with Crippen LogP contribution in [0.15, 0.2) is 12.2 Å². The summed E-state index contributed by atoms with van der Waals surface area (Å²) < 4.78 is 9.92. The first-order valence-corrected chi connectivity index (χ1v) is 4.78. The Labute approximate surface area is 81.5 Å². The lowest BCUT2D eigenvalue weighted by molar-refractivity contribution is -0.187. The molecule has 1 unspecified atom stereocenters. The fourth-order valence-corrected chi connectivity index (χ4v) is 3.14. The van der Waals surface area contributed by atoms with E-state index in [1.54, 1.807) is 0 Å². The van der Waals surface area contributed by atoms with E-state index >= 15 is 0 Å². The third kappa shape index (κ3) is 0.643. The minimum atomic E-state index is -0.733. The molecule has 5 atom stereocenters. The van der Waals surface area contributed by atoms with E-state index in [9.17, 15) is 9.90 Å². The van der Waals surface area contributed by atoms with Crippen LogP contribution in [-0.2, 0) is 14.3 Å². The smallest absolute Gasteiger partial charge is 0.309 e. The number of carbonyl (C=O) groups is 1. The van der Waals surface area contributed by atoms with Crippen molar-refractivity contribution < 1.29 is 19.4 Å². The first-order chi connectivity index (χ1) is 6.71. The normalized spacial score (nSPS) is 52.7. The van der Waals surface area contributed by atoms with Crippen LogP contribution in [0.4, 0.5) is 0 Å². The Bertz CT molecular complexity index is 324. The van der Waals surface area contributed by atoms with Crippen LogP contribution in [0.2, 0.25) is 0 Å². The highest BCUT2D eigenvalue weighted by Gasteiger charge is 2.72. The second-order valence-electron chi connectivity index (χ2n) is 4.23. The number of ether oxygens (including phenoxy) is 2. The van der Waals surface area contributed by atoms with Crippen LogP contribution in [0, 0.1) is 23.2 Å². The first kappa shape index (κ1) is 8.44. The Hall–Kier alpha value is -0.870. The fraction of sp³-hybridized carbons (Fsp3) is 0.700. The lowest BCUT2D eigenvalue weighted by atomic mass is 9.42. The van der Waals surface area contributed by atoms with Gasteiger partial charge in [0.1, 0.15) is 0 Å². The Kier molecular flexibility index (Phi) is 1.43. The van der Waals surface area contributed by atoms with Gasteiger partial charge in [0, 0.05) is 11.8 Å². The van der Waals surface area contributed by atoms with Gasteiger partial charge in [-0.2, -0.15) is 0 Å². The quantitative estimate of drug-likeness (QED) is 0.471. The molecular weight excluding hydrogens is 184 g/mol. The molecule has 1 spiro atoms. The van der Waals surface area contributed by atoms with Crippen LogP contribution >= 0.6 is 0 Å². The molecular formula is C10H12O4. The van der Waals surface area contributed by atoms with Crippen molar-refractivity contribution in [1.82, 2.24) is 0 Å². The van der Waals surface area contributed by atoms with Gasteiger partial charge in [-0.05, 0) is 0 Å². The van der Waals surface area contributed by atoms with E-state index in [-0.39, 0.29) is 29.1 Å². The molecule has 0 amide bonds. The Morgan fingerprint density at radius 1 is 1.71 bits per heavy atom. The maximum Gasteiger partial charge on any atom is 0.309 e. The molecule has 0 aromatic rings. The molecule has 4 heteroatoms. The van der Waals surface area contributed by atoms with E-state index in [0.29, 0.717) is 6.61 Å². The topological polar surface area (TPSA) is 55.8 Å². The van der Waals surface area contributed by atoms with Gasteiger partial charge in [0.2, 0.25) is 0 Å². The number of rotatable bonds is 1. The van der Waals surface area contributed by atoms with Crippen molar-refractivity contribution in [3.05, 3.63) is 12.2 Å². The number of hydrogen-bond acceptors (Lipinski definition) is 4. The summed E-state index contributed by atoms with van der Waals surface area (Å²) >= 11 is 0. The molecule has 1 heterocycles. The summed E-state index contributed by atoms with van der Waals surface area (Å²) in [6.45, 7) is 0.460. The number of hydrogen-bond donors (Lipinski definition) is 1. The van der Waals surface area contributed by atoms with E-state index in [1.807, 2.05) is 12.2 Å². The highest BCUT2D eigenvalue weighted by atomic mass is 16.6. The molecule has 0 radical (unpaired) electrons. The predicted octanol–water partition coefficient (Wildman–Crippen LogP) is -0.0736. The van der Waals surface area contributed by atoms with Crippen LogP contribution in [0.1, 0.15) is 0 Å². The van der Waals surface area contributed by atoms with Gasteiger partial charge in [-0.3, -0.25) is 4.79 Å². The Morgan fingerprint density at radius 2 is 2.50 bits per heavy atom. The van der Waals surface area contributed by atoms with E-state index in [1.165, 1.54) is 7.11 Å². The van der Waals surface area contributed by atoms with Crippen molar-refractivity contribution in [2.45, 2.75) is 6.29 Å². The molecule has 0 bridgehead atoms. The van der Waals surface area contributed by atoms with Gasteiger partial charge in [-0.1, -0.05) is 12.2 Å². The number of allylic oxidation sites excluding steroid dienone is 1. The molecule has 1 saturated carbocycles. The van der Waals surface area contributed by atoms with Crippen LogP contribution in [0.25, 0.3) is 0 Å². The van der Waals surface area contributed by atoms with Crippen LogP contribution in [0.5, 0.6) is 0 Å². The second kappa shape index (κ2) is 2.38. The van der Waals surface area contributed by atoms with E-state index in [2.05, 4.69) is 0 Å². The fourth-order valence-electron chi connectivity index (χ4n) is 3.14. The zero-order valence-electron chi connectivity index (χ0n) is 7.84. The predicted molar refractivity (Wildman–Crippen MR) is 46.0 cm³/mol. The van der Waals surface area contributed by atoms with Gasteiger partial charge in [0.15, 0.2) is 6.29 Å². The van der Waals surface area contributed by atoms with Crippen molar-refractivity contribution in [1.29, 1.82) is 0 Å². The number of esters is 1. The van der Waals surface area contributed by atoms with Gasteiger partial charge in [0.25, 0.3) is 0 Å². The summed E-state index contributed by atoms with van der Waals surface area (Å²) in [6, 6.07) is 0. The average Bonchev–Trinajstić information content (AvgIpc) is 2.48. The van der Waals surface area contributed by atoms with Crippen molar-refractivity contribution in [3.8, 4) is 0 Å². The minimum Gasteiger partial charge on any atom is -0.469 e. The molecule has 76 valence electrons. The lowest BCUT2D eigenvalue weighted by Gasteiger charge is -2.59. The monoisotopic (exact) mass is 196 g/mol. The van der Waals surface area contributed by atoms with E-state index in [0.717, 1.165) is 0 Å². The number of aliphatic hydroxyl groups excluding tert-OH is 1. The zero-order chi connectivity index (χ0) is 9.92. The summed E-state index contributed by atoms with van der Waals surface area (Å²) in [7, 11) is 1.40. The average molecular weight is 196 g/mol.